The predicted octanol–water partition coefficient (Wildman–Crippen LogP) is 3.08. The van der Waals surface area contributed by atoms with Crippen molar-refractivity contribution in [1.82, 2.24) is 10.2 Å². The number of rotatable bonds is 5. The number of benzene rings is 1. The molecule has 0 spiro atoms. The number of carbonyl (C=O) groups is 1. The maximum atomic E-state index is 12.2. The number of likely N-dealkylation sites (tertiary alicyclic amines) is 1. The number of piperidine rings is 1. The van der Waals surface area contributed by atoms with Gasteiger partial charge in [0.2, 0.25) is 5.91 Å². The lowest BCUT2D eigenvalue weighted by Gasteiger charge is -2.35. The lowest BCUT2D eigenvalue weighted by molar-refractivity contribution is -0.122. The van der Waals surface area contributed by atoms with E-state index in [4.69, 9.17) is 5.73 Å². The summed E-state index contributed by atoms with van der Waals surface area (Å²) in [5, 5.41) is 3.00. The molecule has 4 nitrogen and oxygen atoms in total. The van der Waals surface area contributed by atoms with Gasteiger partial charge in [-0.2, -0.15) is 0 Å². The van der Waals surface area contributed by atoms with Crippen LogP contribution in [-0.4, -0.2) is 36.5 Å². The van der Waals surface area contributed by atoms with Crippen molar-refractivity contribution in [1.29, 1.82) is 0 Å². The lowest BCUT2D eigenvalue weighted by Crippen LogP contribution is -2.47. The molecule has 3 N–H and O–H groups in total. The number of carbonyl (C=O) groups excluding carboxylic acids is 1. The van der Waals surface area contributed by atoms with Crippen LogP contribution in [0.15, 0.2) is 24.3 Å². The van der Waals surface area contributed by atoms with E-state index in [-0.39, 0.29) is 30.7 Å². The number of nitrogens with zero attached hydrogens (tertiary/aromatic N) is 1. The van der Waals surface area contributed by atoms with Crippen LogP contribution in [0.5, 0.6) is 0 Å². The molecule has 2 atom stereocenters. The summed E-state index contributed by atoms with van der Waals surface area (Å²) in [5.41, 5.74) is 8.08. The van der Waals surface area contributed by atoms with Gasteiger partial charge in [-0.05, 0) is 51.3 Å². The van der Waals surface area contributed by atoms with Gasteiger partial charge in [0, 0.05) is 12.6 Å². The van der Waals surface area contributed by atoms with Gasteiger partial charge in [-0.3, -0.25) is 9.69 Å². The number of hydrogen-bond acceptors (Lipinski definition) is 3. The van der Waals surface area contributed by atoms with Gasteiger partial charge in [-0.1, -0.05) is 36.8 Å². The zero-order chi connectivity index (χ0) is 16.1. The van der Waals surface area contributed by atoms with Crippen LogP contribution in [-0.2, 0) is 4.79 Å². The first-order chi connectivity index (χ1) is 10.5. The van der Waals surface area contributed by atoms with Crippen LogP contribution in [0.3, 0.4) is 0 Å². The third-order valence-corrected chi connectivity index (χ3v) is 4.73. The van der Waals surface area contributed by atoms with Crippen molar-refractivity contribution in [3.63, 3.8) is 0 Å². The van der Waals surface area contributed by atoms with E-state index in [0.717, 1.165) is 24.6 Å². The normalized spacial score (nSPS) is 18.0. The molecule has 1 aliphatic rings. The highest BCUT2D eigenvalue weighted by atomic mass is 35.5. The minimum atomic E-state index is -0.589. The van der Waals surface area contributed by atoms with E-state index >= 15 is 0 Å². The quantitative estimate of drug-likeness (QED) is 0.830. The molecule has 2 rings (SSSR count). The topological polar surface area (TPSA) is 58.4 Å². The maximum Gasteiger partial charge on any atom is 0.241 e. The van der Waals surface area contributed by atoms with Crippen molar-refractivity contribution in [3.8, 4) is 0 Å². The second-order valence-corrected chi connectivity index (χ2v) is 6.70. The van der Waals surface area contributed by atoms with Crippen molar-refractivity contribution in [2.45, 2.75) is 45.7 Å². The SMILES string of the molecule is Cc1ccc(C(N)C(=O)NCC(C)N2CCC(C)CC2)cc1.Cl.Cl. The van der Waals surface area contributed by atoms with Crippen LogP contribution in [0.4, 0.5) is 0 Å². The first-order valence-electron chi connectivity index (χ1n) is 8.31. The van der Waals surface area contributed by atoms with Gasteiger partial charge >= 0.3 is 0 Å². The van der Waals surface area contributed by atoms with E-state index in [1.54, 1.807) is 0 Å². The number of hydrogen-bond donors (Lipinski definition) is 2. The number of nitrogens with one attached hydrogen (secondary N) is 1. The minimum Gasteiger partial charge on any atom is -0.353 e. The molecule has 1 aromatic carbocycles. The monoisotopic (exact) mass is 375 g/mol. The largest absolute Gasteiger partial charge is 0.353 e. The smallest absolute Gasteiger partial charge is 0.241 e. The summed E-state index contributed by atoms with van der Waals surface area (Å²) in [4.78, 5) is 14.7. The molecule has 0 radical (unpaired) electrons. The summed E-state index contributed by atoms with van der Waals surface area (Å²) in [6.07, 6.45) is 2.50. The summed E-state index contributed by atoms with van der Waals surface area (Å²) < 4.78 is 0. The molecular weight excluding hydrogens is 345 g/mol. The van der Waals surface area contributed by atoms with Gasteiger partial charge in [0.05, 0.1) is 0 Å². The van der Waals surface area contributed by atoms with Gasteiger partial charge in [-0.15, -0.1) is 24.8 Å². The molecule has 24 heavy (non-hydrogen) atoms. The molecule has 1 amide bonds. The highest BCUT2D eigenvalue weighted by Gasteiger charge is 2.22. The summed E-state index contributed by atoms with van der Waals surface area (Å²) >= 11 is 0. The van der Waals surface area contributed by atoms with Gasteiger partial charge in [0.1, 0.15) is 6.04 Å². The number of amides is 1. The molecule has 1 fully saturated rings. The average molecular weight is 376 g/mol. The molecule has 0 aliphatic carbocycles. The summed E-state index contributed by atoms with van der Waals surface area (Å²) in [6, 6.07) is 7.60. The number of aryl methyl sites for hydroxylation is 1. The molecule has 0 bridgehead atoms. The molecular formula is C18H31Cl2N3O. The molecule has 1 aromatic rings. The van der Waals surface area contributed by atoms with Crippen molar-refractivity contribution in [2.24, 2.45) is 11.7 Å². The fourth-order valence-electron chi connectivity index (χ4n) is 2.88. The number of nitrogens with two attached hydrogens (primary N) is 1. The first-order valence-corrected chi connectivity index (χ1v) is 8.31. The molecule has 0 aromatic heterocycles. The Morgan fingerprint density at radius 3 is 2.33 bits per heavy atom. The standard InChI is InChI=1S/C18H29N3O.2ClH/c1-13-4-6-16(7-5-13)17(19)18(22)20-12-15(3)21-10-8-14(2)9-11-21;;/h4-7,14-15,17H,8-12,19H2,1-3H3,(H,20,22);2*1H. The van der Waals surface area contributed by atoms with E-state index in [1.165, 1.54) is 18.4 Å². The van der Waals surface area contributed by atoms with Gasteiger partial charge in [-0.25, -0.2) is 0 Å². The Labute approximate surface area is 158 Å². The molecule has 138 valence electrons. The highest BCUT2D eigenvalue weighted by Crippen LogP contribution is 2.18. The lowest BCUT2D eigenvalue weighted by atomic mass is 9.98. The van der Waals surface area contributed by atoms with Crippen molar-refractivity contribution in [2.75, 3.05) is 19.6 Å². The summed E-state index contributed by atoms with van der Waals surface area (Å²) in [7, 11) is 0. The third kappa shape index (κ3) is 6.60. The second kappa shape index (κ2) is 10.9. The van der Waals surface area contributed by atoms with E-state index < -0.39 is 6.04 Å². The fourth-order valence-corrected chi connectivity index (χ4v) is 2.88. The Balaban J connectivity index is 0.00000264. The first kappa shape index (κ1) is 23.2. The van der Waals surface area contributed by atoms with Crippen LogP contribution in [0.25, 0.3) is 0 Å². The highest BCUT2D eigenvalue weighted by molar-refractivity contribution is 5.85. The van der Waals surface area contributed by atoms with Crippen LogP contribution in [0.2, 0.25) is 0 Å². The molecule has 1 aliphatic heterocycles. The third-order valence-electron chi connectivity index (χ3n) is 4.73. The molecule has 6 heteroatoms. The maximum absolute atomic E-state index is 12.2. The second-order valence-electron chi connectivity index (χ2n) is 6.70. The van der Waals surface area contributed by atoms with E-state index in [0.29, 0.717) is 12.6 Å². The predicted molar refractivity (Wildman–Crippen MR) is 105 cm³/mol. The summed E-state index contributed by atoms with van der Waals surface area (Å²) in [6.45, 7) is 9.42. The summed E-state index contributed by atoms with van der Waals surface area (Å²) in [5.74, 6) is 0.731. The van der Waals surface area contributed by atoms with Gasteiger partial charge in [0.15, 0.2) is 0 Å². The van der Waals surface area contributed by atoms with E-state index in [1.807, 2.05) is 31.2 Å². The van der Waals surface area contributed by atoms with Gasteiger partial charge in [0.25, 0.3) is 0 Å². The van der Waals surface area contributed by atoms with Crippen LogP contribution in [0, 0.1) is 12.8 Å². The van der Waals surface area contributed by atoms with Crippen LogP contribution < -0.4 is 11.1 Å². The van der Waals surface area contributed by atoms with Gasteiger partial charge < -0.3 is 11.1 Å². The Morgan fingerprint density at radius 1 is 1.25 bits per heavy atom. The van der Waals surface area contributed by atoms with Crippen LogP contribution >= 0.6 is 24.8 Å². The fraction of sp³-hybridized carbons (Fsp3) is 0.611. The van der Waals surface area contributed by atoms with Crippen molar-refractivity contribution < 1.29 is 4.79 Å². The Kier molecular flexibility index (Phi) is 10.6. The number of halogens is 2. The minimum absolute atomic E-state index is 0. The molecule has 1 heterocycles. The Bertz CT molecular complexity index is 488. The zero-order valence-electron chi connectivity index (χ0n) is 14.8. The molecule has 2 unspecified atom stereocenters. The Morgan fingerprint density at radius 2 is 1.79 bits per heavy atom. The molecule has 0 saturated carbocycles. The Hall–Kier alpha value is -0.810. The van der Waals surface area contributed by atoms with Crippen molar-refractivity contribution >= 4 is 30.7 Å². The van der Waals surface area contributed by atoms with E-state index in [2.05, 4.69) is 24.1 Å². The van der Waals surface area contributed by atoms with E-state index in [9.17, 15) is 4.79 Å². The molecule has 1 saturated heterocycles. The zero-order valence-corrected chi connectivity index (χ0v) is 16.5. The average Bonchev–Trinajstić information content (AvgIpc) is 2.53. The van der Waals surface area contributed by atoms with Crippen molar-refractivity contribution in [3.05, 3.63) is 35.4 Å². The van der Waals surface area contributed by atoms with Crippen LogP contribution in [0.1, 0.15) is 43.9 Å².